The van der Waals surface area contributed by atoms with E-state index in [0.717, 1.165) is 0 Å². The summed E-state index contributed by atoms with van der Waals surface area (Å²) in [4.78, 5) is 0. The molecule has 0 amide bonds. The molecule has 0 unspecified atom stereocenters. The molecule has 2 heteroatoms. The average molecular weight is 251 g/mol. The molecule has 0 saturated heterocycles. The summed E-state index contributed by atoms with van der Waals surface area (Å²) in [5.74, 6) is 0. The highest BCUT2D eigenvalue weighted by molar-refractivity contribution is 6.92. The summed E-state index contributed by atoms with van der Waals surface area (Å²) in [5.41, 5.74) is 0. The number of rotatable bonds is 2. The lowest BCUT2D eigenvalue weighted by Gasteiger charge is -2.37. The zero-order valence-electron chi connectivity index (χ0n) is 11.9. The minimum absolute atomic E-state index is 0.434. The third-order valence-electron chi connectivity index (χ3n) is 4.17. The van der Waals surface area contributed by atoms with Gasteiger partial charge in [0.2, 0.25) is 0 Å². The number of hydrogen-bond donors (Lipinski definition) is 0. The highest BCUT2D eigenvalue weighted by Crippen LogP contribution is 2.35. The molecule has 0 radical (unpaired) electrons. The predicted molar refractivity (Wildman–Crippen MR) is 81.8 cm³/mol. The zero-order chi connectivity index (χ0) is 12.6. The van der Waals surface area contributed by atoms with Crippen LogP contribution in [0, 0.1) is 0 Å². The van der Waals surface area contributed by atoms with Crippen molar-refractivity contribution in [3.8, 4) is 0 Å². The molecule has 0 nitrogen and oxygen atoms in total. The normalized spacial score (nSPS) is 13.2. The van der Waals surface area contributed by atoms with E-state index in [1.807, 2.05) is 0 Å². The smallest absolute Gasteiger partial charge is 0.0682 e. The van der Waals surface area contributed by atoms with Crippen molar-refractivity contribution in [2.24, 2.45) is 0 Å². The lowest BCUT2D eigenvalue weighted by Crippen LogP contribution is -2.49. The third kappa shape index (κ3) is 2.66. The second-order valence-electron chi connectivity index (χ2n) is 6.65. The Bertz CT molecular complexity index is 342. The molecule has 1 aromatic carbocycles. The van der Waals surface area contributed by atoms with E-state index in [4.69, 9.17) is 0 Å². The van der Waals surface area contributed by atoms with Gasteiger partial charge in [-0.2, -0.15) is 0 Å². The third-order valence-corrected chi connectivity index (χ3v) is 11.4. The Hall–Kier alpha value is -0.346. The van der Waals surface area contributed by atoms with E-state index >= 15 is 0 Å². The van der Waals surface area contributed by atoms with Crippen LogP contribution in [-0.4, -0.2) is 16.9 Å². The van der Waals surface area contributed by atoms with Crippen molar-refractivity contribution in [1.29, 1.82) is 0 Å². The SMILES string of the molecule is C[SiH](C)c1ccc([Si](C)(C)C(C)(C)C)cc1. The lowest BCUT2D eigenvalue weighted by molar-refractivity contribution is 0.729. The molecule has 90 valence electrons. The van der Waals surface area contributed by atoms with Crippen molar-refractivity contribution in [1.82, 2.24) is 0 Å². The van der Waals surface area contributed by atoms with Crippen LogP contribution in [0.3, 0.4) is 0 Å². The monoisotopic (exact) mass is 250 g/mol. The van der Waals surface area contributed by atoms with Gasteiger partial charge >= 0.3 is 0 Å². The summed E-state index contributed by atoms with van der Waals surface area (Å²) in [5, 5.41) is 3.62. The summed E-state index contributed by atoms with van der Waals surface area (Å²) in [6.07, 6.45) is 0. The van der Waals surface area contributed by atoms with Gasteiger partial charge in [0.15, 0.2) is 0 Å². The van der Waals surface area contributed by atoms with Crippen LogP contribution < -0.4 is 10.4 Å². The molecule has 1 aromatic rings. The van der Waals surface area contributed by atoms with Gasteiger partial charge in [-0.25, -0.2) is 0 Å². The summed E-state index contributed by atoms with van der Waals surface area (Å²) in [7, 11) is -1.95. The summed E-state index contributed by atoms with van der Waals surface area (Å²) in [6.45, 7) is 16.9. The van der Waals surface area contributed by atoms with Gasteiger partial charge in [0.1, 0.15) is 0 Å². The molecule has 0 spiro atoms. The molecular weight excluding hydrogens is 224 g/mol. The second kappa shape index (κ2) is 4.49. The molecule has 0 N–H and O–H groups in total. The molecule has 0 atom stereocenters. The molecule has 0 aliphatic rings. The van der Waals surface area contributed by atoms with Crippen LogP contribution >= 0.6 is 0 Å². The van der Waals surface area contributed by atoms with E-state index in [0.29, 0.717) is 5.04 Å². The number of benzene rings is 1. The van der Waals surface area contributed by atoms with Gasteiger partial charge in [-0.15, -0.1) is 0 Å². The average Bonchev–Trinajstić information content (AvgIpc) is 2.16. The molecule has 0 aliphatic heterocycles. The first-order valence-electron chi connectivity index (χ1n) is 6.26. The first-order chi connectivity index (χ1) is 7.16. The van der Waals surface area contributed by atoms with Gasteiger partial charge in [-0.1, -0.05) is 81.6 Å². The maximum absolute atomic E-state index is 2.48. The Morgan fingerprint density at radius 3 is 1.69 bits per heavy atom. The van der Waals surface area contributed by atoms with Gasteiger partial charge in [0.05, 0.1) is 16.9 Å². The van der Waals surface area contributed by atoms with Crippen LogP contribution in [-0.2, 0) is 0 Å². The van der Waals surface area contributed by atoms with E-state index in [-0.39, 0.29) is 0 Å². The van der Waals surface area contributed by atoms with E-state index in [1.54, 1.807) is 10.4 Å². The van der Waals surface area contributed by atoms with Crippen LogP contribution in [0.1, 0.15) is 20.8 Å². The molecule has 1 rings (SSSR count). The molecule has 0 aromatic heterocycles. The lowest BCUT2D eigenvalue weighted by atomic mass is 10.2. The van der Waals surface area contributed by atoms with Gasteiger partial charge in [0.25, 0.3) is 0 Å². The van der Waals surface area contributed by atoms with Crippen molar-refractivity contribution in [2.45, 2.75) is 52.0 Å². The summed E-state index contributed by atoms with van der Waals surface area (Å²) >= 11 is 0. The molecule has 0 heterocycles. The Labute approximate surface area is 104 Å². The maximum Gasteiger partial charge on any atom is 0.0859 e. The minimum atomic E-state index is -1.32. The topological polar surface area (TPSA) is 0 Å². The van der Waals surface area contributed by atoms with Crippen molar-refractivity contribution in [2.75, 3.05) is 0 Å². The Morgan fingerprint density at radius 2 is 1.38 bits per heavy atom. The van der Waals surface area contributed by atoms with E-state index in [1.165, 1.54) is 0 Å². The standard InChI is InChI=1S/C14H26Si2/c1-14(2,3)16(6,7)13-10-8-12(9-11-13)15(4)5/h8-11,15H,1-7H3. The van der Waals surface area contributed by atoms with Crippen LogP contribution in [0.15, 0.2) is 24.3 Å². The van der Waals surface area contributed by atoms with Crippen molar-refractivity contribution in [3.05, 3.63) is 24.3 Å². The van der Waals surface area contributed by atoms with Crippen LogP contribution in [0.5, 0.6) is 0 Å². The number of hydrogen-bond acceptors (Lipinski definition) is 0. The summed E-state index contributed by atoms with van der Waals surface area (Å²) in [6, 6.07) is 9.51. The second-order valence-corrected chi connectivity index (χ2v) is 15.0. The van der Waals surface area contributed by atoms with Crippen LogP contribution in [0.25, 0.3) is 0 Å². The fraction of sp³-hybridized carbons (Fsp3) is 0.571. The fourth-order valence-corrected chi connectivity index (χ4v) is 4.55. The molecular formula is C14H26Si2. The van der Waals surface area contributed by atoms with Gasteiger partial charge < -0.3 is 0 Å². The van der Waals surface area contributed by atoms with Crippen molar-refractivity contribution in [3.63, 3.8) is 0 Å². The van der Waals surface area contributed by atoms with Gasteiger partial charge in [0, 0.05) is 0 Å². The van der Waals surface area contributed by atoms with Gasteiger partial charge in [-0.05, 0) is 5.04 Å². The highest BCUT2D eigenvalue weighted by Gasteiger charge is 2.36. The van der Waals surface area contributed by atoms with Crippen molar-refractivity contribution < 1.29 is 0 Å². The van der Waals surface area contributed by atoms with E-state index in [9.17, 15) is 0 Å². The molecule has 16 heavy (non-hydrogen) atoms. The Morgan fingerprint density at radius 1 is 0.938 bits per heavy atom. The van der Waals surface area contributed by atoms with E-state index in [2.05, 4.69) is 71.2 Å². The Kier molecular flexibility index (Phi) is 3.85. The highest BCUT2D eigenvalue weighted by atomic mass is 28.3. The molecule has 0 aliphatic carbocycles. The van der Waals surface area contributed by atoms with Crippen LogP contribution in [0.2, 0.25) is 31.2 Å². The molecule has 0 saturated carbocycles. The van der Waals surface area contributed by atoms with E-state index < -0.39 is 16.9 Å². The largest absolute Gasteiger partial charge is 0.0859 e. The first-order valence-corrected chi connectivity index (χ1v) is 12.2. The van der Waals surface area contributed by atoms with Crippen LogP contribution in [0.4, 0.5) is 0 Å². The quantitative estimate of drug-likeness (QED) is 0.708. The fourth-order valence-electron chi connectivity index (χ4n) is 1.72. The van der Waals surface area contributed by atoms with Crippen molar-refractivity contribution >= 4 is 27.2 Å². The Balaban J connectivity index is 3.07. The zero-order valence-corrected chi connectivity index (χ0v) is 14.0. The predicted octanol–water partition coefficient (Wildman–Crippen LogP) is 3.10. The maximum atomic E-state index is 2.48. The summed E-state index contributed by atoms with van der Waals surface area (Å²) < 4.78 is 0. The molecule has 0 fully saturated rings. The minimum Gasteiger partial charge on any atom is -0.0682 e. The van der Waals surface area contributed by atoms with Gasteiger partial charge in [-0.3, -0.25) is 0 Å². The first kappa shape index (κ1) is 13.7. The molecule has 0 bridgehead atoms.